The lowest BCUT2D eigenvalue weighted by Gasteiger charge is -2.09. The monoisotopic (exact) mass is 428 g/mol. The third kappa shape index (κ3) is 5.15. The number of benzene rings is 3. The molecule has 6 nitrogen and oxygen atoms in total. The summed E-state index contributed by atoms with van der Waals surface area (Å²) in [5, 5.41) is 9.22. The molecule has 0 spiro atoms. The number of hydrogen-bond donors (Lipinski definition) is 3. The number of amides is 3. The van der Waals surface area contributed by atoms with Gasteiger partial charge >= 0.3 is 6.03 Å². The Morgan fingerprint density at radius 1 is 0.742 bits per heavy atom. The number of urea groups is 1. The maximum absolute atomic E-state index is 12.8. The van der Waals surface area contributed by atoms with Crippen LogP contribution in [0.4, 0.5) is 21.9 Å². The zero-order valence-corrected chi connectivity index (χ0v) is 17.6. The van der Waals surface area contributed by atoms with Gasteiger partial charge in [0.25, 0.3) is 5.91 Å². The van der Waals surface area contributed by atoms with Crippen molar-refractivity contribution < 1.29 is 9.59 Å². The molecule has 154 valence electrons. The minimum Gasteiger partial charge on any atom is -0.321 e. The van der Waals surface area contributed by atoms with Crippen LogP contribution < -0.4 is 16.0 Å². The Bertz CT molecular complexity index is 1210. The van der Waals surface area contributed by atoms with Gasteiger partial charge in [-0.3, -0.25) is 4.79 Å². The average Bonchev–Trinajstić information content (AvgIpc) is 3.17. The normalized spacial score (nSPS) is 10.4. The molecule has 0 saturated carbocycles. The molecule has 3 aromatic carbocycles. The zero-order valence-electron chi connectivity index (χ0n) is 16.8. The molecule has 1 heterocycles. The van der Waals surface area contributed by atoms with Crippen LogP contribution in [0.25, 0.3) is 10.6 Å². The van der Waals surface area contributed by atoms with E-state index in [1.54, 1.807) is 36.4 Å². The molecule has 0 atom stereocenters. The molecule has 0 unspecified atom stereocenters. The van der Waals surface area contributed by atoms with E-state index in [-0.39, 0.29) is 11.9 Å². The fourth-order valence-electron chi connectivity index (χ4n) is 2.99. The number of para-hydroxylation sites is 1. The topological polar surface area (TPSA) is 83.1 Å². The molecule has 31 heavy (non-hydrogen) atoms. The first-order valence-electron chi connectivity index (χ1n) is 9.66. The predicted octanol–water partition coefficient (Wildman–Crippen LogP) is 6.01. The van der Waals surface area contributed by atoms with Crippen molar-refractivity contribution >= 4 is 40.3 Å². The highest BCUT2D eigenvalue weighted by Gasteiger charge is 2.16. The Morgan fingerprint density at radius 2 is 1.32 bits per heavy atom. The summed E-state index contributed by atoms with van der Waals surface area (Å²) in [6.45, 7) is 1.82. The van der Waals surface area contributed by atoms with Crippen molar-refractivity contribution in [2.75, 3.05) is 16.0 Å². The van der Waals surface area contributed by atoms with Crippen molar-refractivity contribution in [3.05, 3.63) is 95.5 Å². The number of hydrogen-bond acceptors (Lipinski definition) is 4. The molecule has 1 aromatic heterocycles. The van der Waals surface area contributed by atoms with Gasteiger partial charge in [0.1, 0.15) is 9.88 Å². The summed E-state index contributed by atoms with van der Waals surface area (Å²) in [4.78, 5) is 30.1. The van der Waals surface area contributed by atoms with Crippen molar-refractivity contribution in [2.45, 2.75) is 6.92 Å². The van der Waals surface area contributed by atoms with Gasteiger partial charge in [-0.1, -0.05) is 54.6 Å². The summed E-state index contributed by atoms with van der Waals surface area (Å²) >= 11 is 1.35. The largest absolute Gasteiger partial charge is 0.323 e. The van der Waals surface area contributed by atoms with Crippen molar-refractivity contribution in [1.29, 1.82) is 0 Å². The number of anilines is 3. The molecular weight excluding hydrogens is 408 g/mol. The summed E-state index contributed by atoms with van der Waals surface area (Å²) in [7, 11) is 0. The molecule has 3 N–H and O–H groups in total. The number of nitrogens with zero attached hydrogens (tertiary/aromatic N) is 1. The van der Waals surface area contributed by atoms with Crippen LogP contribution >= 0.6 is 11.3 Å². The Balaban J connectivity index is 1.43. The molecule has 7 heteroatoms. The highest BCUT2D eigenvalue weighted by atomic mass is 32.1. The van der Waals surface area contributed by atoms with Crippen LogP contribution in [-0.2, 0) is 0 Å². The molecule has 0 radical (unpaired) electrons. The SMILES string of the molecule is Cc1nc(-c2ccccc2)sc1C(=O)Nc1cccc(NC(=O)Nc2ccccc2)c1. The van der Waals surface area contributed by atoms with Crippen molar-refractivity contribution in [1.82, 2.24) is 4.98 Å². The molecule has 0 bridgehead atoms. The van der Waals surface area contributed by atoms with Crippen LogP contribution in [0.2, 0.25) is 0 Å². The van der Waals surface area contributed by atoms with E-state index in [1.165, 1.54) is 11.3 Å². The molecule has 0 aliphatic heterocycles. The standard InChI is InChI=1S/C24H20N4O2S/c1-16-21(31-23(25-16)17-9-4-2-5-10-17)22(29)26-19-13-8-14-20(15-19)28-24(30)27-18-11-6-3-7-12-18/h2-15H,1H3,(H,26,29)(H2,27,28,30). The first-order chi connectivity index (χ1) is 15.1. The molecule has 0 saturated heterocycles. The first-order valence-corrected chi connectivity index (χ1v) is 10.5. The van der Waals surface area contributed by atoms with Gasteiger partial charge in [-0.15, -0.1) is 11.3 Å². The highest BCUT2D eigenvalue weighted by Crippen LogP contribution is 2.28. The van der Waals surface area contributed by atoms with Gasteiger partial charge in [0.05, 0.1) is 5.69 Å². The van der Waals surface area contributed by atoms with Gasteiger partial charge in [-0.2, -0.15) is 0 Å². The number of aryl methyl sites for hydroxylation is 1. The Labute approximate surface area is 184 Å². The maximum Gasteiger partial charge on any atom is 0.323 e. The third-order valence-corrected chi connectivity index (χ3v) is 5.64. The highest BCUT2D eigenvalue weighted by molar-refractivity contribution is 7.17. The third-order valence-electron chi connectivity index (χ3n) is 4.43. The summed E-state index contributed by atoms with van der Waals surface area (Å²) in [6, 6.07) is 25.6. The van der Waals surface area contributed by atoms with Gasteiger partial charge in [-0.05, 0) is 37.3 Å². The number of thiazole rings is 1. The summed E-state index contributed by atoms with van der Waals surface area (Å²) < 4.78 is 0. The van der Waals surface area contributed by atoms with Crippen molar-refractivity contribution in [3.8, 4) is 10.6 Å². The summed E-state index contributed by atoms with van der Waals surface area (Å²) in [5.74, 6) is -0.233. The Kier molecular flexibility index (Phi) is 6.05. The maximum atomic E-state index is 12.8. The van der Waals surface area contributed by atoms with E-state index >= 15 is 0 Å². The van der Waals surface area contributed by atoms with Crippen LogP contribution in [0.5, 0.6) is 0 Å². The van der Waals surface area contributed by atoms with Crippen LogP contribution in [0.15, 0.2) is 84.9 Å². The van der Waals surface area contributed by atoms with Crippen molar-refractivity contribution in [2.24, 2.45) is 0 Å². The molecule has 0 fully saturated rings. The molecule has 0 aliphatic rings. The summed E-state index contributed by atoms with van der Waals surface area (Å²) in [5.41, 5.74) is 3.50. The minimum absolute atomic E-state index is 0.233. The second-order valence-corrected chi connectivity index (χ2v) is 7.78. The lowest BCUT2D eigenvalue weighted by molar-refractivity contribution is 0.103. The Hall–Kier alpha value is -3.97. The smallest absolute Gasteiger partial charge is 0.321 e. The number of carbonyl (C=O) groups excluding carboxylic acids is 2. The van der Waals surface area contributed by atoms with Crippen molar-refractivity contribution in [3.63, 3.8) is 0 Å². The number of nitrogens with one attached hydrogen (secondary N) is 3. The van der Waals surface area contributed by atoms with Gasteiger partial charge < -0.3 is 16.0 Å². The molecule has 0 aliphatic carbocycles. The fraction of sp³-hybridized carbons (Fsp3) is 0.0417. The van der Waals surface area contributed by atoms with E-state index in [4.69, 9.17) is 0 Å². The van der Waals surface area contributed by atoms with Crippen LogP contribution in [-0.4, -0.2) is 16.9 Å². The van der Waals surface area contributed by atoms with E-state index in [0.29, 0.717) is 27.6 Å². The van der Waals surface area contributed by atoms with Gasteiger partial charge in [-0.25, -0.2) is 9.78 Å². The summed E-state index contributed by atoms with van der Waals surface area (Å²) in [6.07, 6.45) is 0. The molecule has 4 rings (SSSR count). The molecule has 4 aromatic rings. The molecule has 3 amide bonds. The van der Waals surface area contributed by atoms with E-state index in [1.807, 2.05) is 55.5 Å². The van der Waals surface area contributed by atoms with E-state index in [0.717, 1.165) is 10.6 Å². The number of aromatic nitrogens is 1. The van der Waals surface area contributed by atoms with Crippen LogP contribution in [0.1, 0.15) is 15.4 Å². The second-order valence-electron chi connectivity index (χ2n) is 6.78. The predicted molar refractivity (Wildman–Crippen MR) is 126 cm³/mol. The van der Waals surface area contributed by atoms with E-state index in [9.17, 15) is 9.59 Å². The number of rotatable bonds is 5. The molecular formula is C24H20N4O2S. The second kappa shape index (κ2) is 9.23. The van der Waals surface area contributed by atoms with Gasteiger partial charge in [0.2, 0.25) is 0 Å². The van der Waals surface area contributed by atoms with E-state index < -0.39 is 0 Å². The lowest BCUT2D eigenvalue weighted by Crippen LogP contribution is -2.19. The average molecular weight is 429 g/mol. The quantitative estimate of drug-likeness (QED) is 0.364. The van der Waals surface area contributed by atoms with E-state index in [2.05, 4.69) is 20.9 Å². The minimum atomic E-state index is -0.361. The van der Waals surface area contributed by atoms with Gasteiger partial charge in [0, 0.05) is 22.6 Å². The lowest BCUT2D eigenvalue weighted by atomic mass is 10.2. The fourth-order valence-corrected chi connectivity index (χ4v) is 3.96. The van der Waals surface area contributed by atoms with Crippen LogP contribution in [0.3, 0.4) is 0 Å². The number of carbonyl (C=O) groups is 2. The van der Waals surface area contributed by atoms with Gasteiger partial charge in [0.15, 0.2) is 0 Å². The zero-order chi connectivity index (χ0) is 21.6. The first kappa shape index (κ1) is 20.3. The van der Waals surface area contributed by atoms with Crippen LogP contribution in [0, 0.1) is 6.92 Å². The Morgan fingerprint density at radius 3 is 2.03 bits per heavy atom.